The zero-order valence-corrected chi connectivity index (χ0v) is 53.5. The van der Waals surface area contributed by atoms with E-state index in [1.54, 1.807) is 66.5 Å². The smallest absolute Gasteiger partial charge is 0.461 e. The van der Waals surface area contributed by atoms with Crippen LogP contribution in [0.2, 0.25) is 0 Å². The number of carbonyl (C=O) groups is 2. The van der Waals surface area contributed by atoms with Crippen molar-refractivity contribution in [3.8, 4) is 23.0 Å². The number of hydrogen-bond donors (Lipinski definition) is 2. The maximum absolute atomic E-state index is 15.1. The molecule has 10 rings (SSSR count). The highest BCUT2D eigenvalue weighted by molar-refractivity contribution is 6.78. The molecule has 0 unspecified atom stereocenters. The first-order chi connectivity index (χ1) is 48.9. The molecule has 1 saturated carbocycles. The topological polar surface area (TPSA) is 123 Å². The Morgan fingerprint density at radius 3 is 1.16 bits per heavy atom. The second-order valence-corrected chi connectivity index (χ2v) is 22.7. The van der Waals surface area contributed by atoms with Crippen LogP contribution in [-0.2, 0) is 50.0 Å². The van der Waals surface area contributed by atoms with Crippen LogP contribution in [-0.4, -0.2) is 71.5 Å². The number of ether oxygens (including phenoxy) is 4. The lowest BCUT2D eigenvalue weighted by atomic mass is 9.70. The second kappa shape index (κ2) is 33.1. The van der Waals surface area contributed by atoms with Crippen molar-refractivity contribution in [2.24, 2.45) is 0 Å². The van der Waals surface area contributed by atoms with Gasteiger partial charge in [0.15, 0.2) is 23.1 Å². The zero-order chi connectivity index (χ0) is 76.3. The highest BCUT2D eigenvalue weighted by atomic mass is 19.4. The van der Waals surface area contributed by atoms with Crippen LogP contribution < -0.4 is 29.6 Å². The molecule has 2 atom stereocenters. The van der Waals surface area contributed by atoms with E-state index in [1.807, 2.05) is 0 Å². The summed E-state index contributed by atoms with van der Waals surface area (Å²) in [5.74, 6) is -8.47. The molecule has 34 heteroatoms. The molecule has 546 valence electrons. The van der Waals surface area contributed by atoms with Crippen molar-refractivity contribution in [3.63, 3.8) is 0 Å². The number of hydrogen-bond acceptors (Lipinski definition) is 9. The standard InChI is InChI=1S/C33H23F10NO3.C31H21F10NO3.C6H9B3O3/c34-22-13-21(14-24(16-22)47-33(42,43)30(37)38)31(17-18-4-2-1-3-5-18,20-7-11-27(36)28(15-20)46-23-8-9-23)44-29(45)19-6-10-26(35)25(12-19)32(39,40)41;1-44-26-14-19(8-10-25(26)34)29(16-17-5-3-2-4-6-17,20-12-21(32)15-22(13-20)45-31(40,41)28(35)36)42-27(43)18-7-9-24(33)23(11-18)30(37,38)39;1-4-7-10-8(5-2)12-9(6-3)11-7/h1-7,10-16,23,30H,8-9,17H2,(H,44,45);2-15,28H,16H2,1H3,(H,42,43);4-6H,1-3H2/t31-;29-;/m11./s1. The summed E-state index contributed by atoms with van der Waals surface area (Å²) in [6.07, 6.45) is -29.1. The Kier molecular flexibility index (Phi) is 25.3. The van der Waals surface area contributed by atoms with Crippen LogP contribution in [0.1, 0.15) is 78.1 Å². The van der Waals surface area contributed by atoms with E-state index in [1.165, 1.54) is 12.1 Å². The van der Waals surface area contributed by atoms with E-state index >= 15 is 8.78 Å². The maximum Gasteiger partial charge on any atom is 0.461 e. The highest BCUT2D eigenvalue weighted by Gasteiger charge is 2.48. The van der Waals surface area contributed by atoms with E-state index in [-0.39, 0.29) is 41.5 Å². The Morgan fingerprint density at radius 2 is 0.827 bits per heavy atom. The molecule has 8 aromatic rings. The largest absolute Gasteiger partial charge is 0.494 e. The lowest BCUT2D eigenvalue weighted by Gasteiger charge is -2.37. The first kappa shape index (κ1) is 79.5. The number of methoxy groups -OCH3 is 1. The van der Waals surface area contributed by atoms with Crippen molar-refractivity contribution in [2.75, 3.05) is 7.11 Å². The van der Waals surface area contributed by atoms with E-state index in [0.29, 0.717) is 54.3 Å². The van der Waals surface area contributed by atoms with Crippen LogP contribution in [0.3, 0.4) is 0 Å². The molecular weight excluding hydrogens is 1430 g/mol. The van der Waals surface area contributed by atoms with Gasteiger partial charge in [0.2, 0.25) is 0 Å². The lowest BCUT2D eigenvalue weighted by Crippen LogP contribution is -2.49. The minimum atomic E-state index is -5.20. The summed E-state index contributed by atoms with van der Waals surface area (Å²) in [4.78, 5) is 27.4. The van der Waals surface area contributed by atoms with Crippen molar-refractivity contribution in [1.82, 2.24) is 10.6 Å². The van der Waals surface area contributed by atoms with Crippen LogP contribution >= 0.6 is 0 Å². The van der Waals surface area contributed by atoms with Crippen molar-refractivity contribution < 1.29 is 130 Å². The molecule has 2 amide bonds. The Morgan fingerprint density at radius 1 is 0.471 bits per heavy atom. The number of alkyl halides is 14. The molecule has 104 heavy (non-hydrogen) atoms. The Bertz CT molecular complexity index is 4330. The third-order valence-corrected chi connectivity index (χ3v) is 15.4. The van der Waals surface area contributed by atoms with Gasteiger partial charge in [-0.2, -0.15) is 61.5 Å². The molecule has 11 nitrogen and oxygen atoms in total. The van der Waals surface area contributed by atoms with Crippen LogP contribution in [0.4, 0.5) is 87.8 Å². The van der Waals surface area contributed by atoms with Gasteiger partial charge in [0.1, 0.15) is 34.8 Å². The van der Waals surface area contributed by atoms with Crippen LogP contribution in [0.5, 0.6) is 23.0 Å². The van der Waals surface area contributed by atoms with Crippen LogP contribution in [0.25, 0.3) is 0 Å². The molecule has 0 bridgehead atoms. The Balaban J connectivity index is 0.000000227. The predicted molar refractivity (Wildman–Crippen MR) is 340 cm³/mol. The molecule has 2 aliphatic rings. The Labute approximate surface area is 580 Å². The summed E-state index contributed by atoms with van der Waals surface area (Å²) >= 11 is 0. The number of carbonyl (C=O) groups excluding carboxylic acids is 2. The van der Waals surface area contributed by atoms with Crippen LogP contribution in [0.15, 0.2) is 208 Å². The summed E-state index contributed by atoms with van der Waals surface area (Å²) in [6.45, 7) is 10.6. The van der Waals surface area contributed by atoms with Gasteiger partial charge in [0.05, 0.1) is 35.4 Å². The van der Waals surface area contributed by atoms with Gasteiger partial charge in [0.25, 0.3) is 11.8 Å². The SMILES string of the molecule is C=CB1OB(C=C)OB(C=C)O1.COc1cc([C@@](Cc2ccccc2)(NC(=O)c2ccc(F)c(C(F)(F)F)c2)c2cc(F)cc(OC(F)(F)C(F)F)c2)ccc1F.O=C(N[C@@](Cc1ccccc1)(c1cc(F)cc(OC(F)(F)C(F)F)c1)c1ccc(F)c(OC2CC2)c1)c1ccc(F)c(C(F)(F)F)c1. The summed E-state index contributed by atoms with van der Waals surface area (Å²) in [5, 5.41) is 4.99. The van der Waals surface area contributed by atoms with Gasteiger partial charge in [-0.3, -0.25) is 9.59 Å². The average Bonchev–Trinajstić information content (AvgIpc) is 0.867. The van der Waals surface area contributed by atoms with Gasteiger partial charge in [0, 0.05) is 36.1 Å². The molecule has 1 aliphatic heterocycles. The summed E-state index contributed by atoms with van der Waals surface area (Å²) in [7, 11) is -0.267. The number of rotatable bonds is 24. The maximum atomic E-state index is 15.1. The van der Waals surface area contributed by atoms with Gasteiger partial charge in [-0.25, -0.2) is 26.3 Å². The van der Waals surface area contributed by atoms with Gasteiger partial charge >= 0.3 is 58.8 Å². The summed E-state index contributed by atoms with van der Waals surface area (Å²) < 4.78 is 311. The molecule has 1 saturated heterocycles. The number of benzene rings is 8. The lowest BCUT2D eigenvalue weighted by molar-refractivity contribution is -0.253. The molecule has 0 aromatic heterocycles. The van der Waals surface area contributed by atoms with Gasteiger partial charge in [-0.05, 0) is 131 Å². The van der Waals surface area contributed by atoms with E-state index < -0.39 is 174 Å². The normalized spacial score (nSPS) is 14.5. The first-order valence-corrected chi connectivity index (χ1v) is 30.4. The third-order valence-electron chi connectivity index (χ3n) is 15.4. The molecule has 8 aromatic carbocycles. The van der Waals surface area contributed by atoms with Gasteiger partial charge in [-0.15, -0.1) is 19.7 Å². The minimum absolute atomic E-state index is 0.0675. The number of amides is 2. The van der Waals surface area contributed by atoms with Crippen molar-refractivity contribution >= 4 is 33.2 Å². The van der Waals surface area contributed by atoms with E-state index in [9.17, 15) is 88.6 Å². The minimum Gasteiger partial charge on any atom is -0.494 e. The van der Waals surface area contributed by atoms with Gasteiger partial charge < -0.3 is 43.3 Å². The molecule has 0 spiro atoms. The van der Waals surface area contributed by atoms with Crippen molar-refractivity contribution in [1.29, 1.82) is 0 Å². The monoisotopic (exact) mass is 1480 g/mol. The second-order valence-electron chi connectivity index (χ2n) is 22.7. The summed E-state index contributed by atoms with van der Waals surface area (Å²) in [6, 6.07) is 28.4. The molecule has 2 N–H and O–H groups in total. The molecule has 0 radical (unpaired) electrons. The Hall–Kier alpha value is -10.2. The van der Waals surface area contributed by atoms with Crippen molar-refractivity contribution in [2.45, 2.75) is 80.3 Å². The molecule has 1 heterocycles. The highest BCUT2D eigenvalue weighted by Crippen LogP contribution is 2.44. The van der Waals surface area contributed by atoms with Gasteiger partial charge in [-0.1, -0.05) is 90.7 Å². The molecular formula is C70H53B3F20N2O9. The first-order valence-electron chi connectivity index (χ1n) is 30.4. The van der Waals surface area contributed by atoms with E-state index in [4.69, 9.17) is 23.2 Å². The predicted octanol–water partition coefficient (Wildman–Crippen LogP) is 17.8. The van der Waals surface area contributed by atoms with E-state index in [0.717, 1.165) is 73.8 Å². The fraction of sp³-hybridized carbons (Fsp3) is 0.200. The fourth-order valence-corrected chi connectivity index (χ4v) is 10.3. The van der Waals surface area contributed by atoms with Crippen LogP contribution in [0, 0.1) is 34.9 Å². The average molecular weight is 1480 g/mol. The number of halogens is 20. The third kappa shape index (κ3) is 19.9. The molecule has 1 aliphatic carbocycles. The van der Waals surface area contributed by atoms with Crippen molar-refractivity contribution in [3.05, 3.63) is 298 Å². The zero-order valence-electron chi connectivity index (χ0n) is 53.5. The number of nitrogens with one attached hydrogen (secondary N) is 2. The quantitative estimate of drug-likeness (QED) is 0.0450. The van der Waals surface area contributed by atoms with E-state index in [2.05, 4.69) is 39.8 Å². The summed E-state index contributed by atoms with van der Waals surface area (Å²) in [5.41, 5.74) is -9.51. The fourth-order valence-electron chi connectivity index (χ4n) is 10.3. The molecule has 2 fully saturated rings.